The predicted molar refractivity (Wildman–Crippen MR) is 202 cm³/mol. The zero-order valence-electron chi connectivity index (χ0n) is 28.7. The highest BCUT2D eigenvalue weighted by Gasteiger charge is 2.20. The molecule has 2 N–H and O–H groups in total. The van der Waals surface area contributed by atoms with Gasteiger partial charge >= 0.3 is 0 Å². The number of aromatic amines is 2. The summed E-state index contributed by atoms with van der Waals surface area (Å²) in [5.74, 6) is 0. The molecule has 0 saturated heterocycles. The molecule has 0 fully saturated rings. The maximum Gasteiger partial charge on any atom is 0.0972 e. The topological polar surface area (TPSA) is 160 Å². The van der Waals surface area contributed by atoms with Crippen molar-refractivity contribution in [3.05, 3.63) is 118 Å². The standard InChI is InChI=1S/C40H30N12/c1-21-5-9-33(49-45-21)37-25-13-15-27(41-25)38(34-10-6-22(2)46-50-34)29-17-19-31(43-29)40(36-12-8-24(4)48-52-36)32-20-18-30(44-32)39(28-16-14-26(37)42-28)35-11-7-23(3)47-51-35/h5-20,41,44H,1-4H3. The molecule has 9 heterocycles. The van der Waals surface area contributed by atoms with Crippen LogP contribution in [-0.2, 0) is 0 Å². The van der Waals surface area contributed by atoms with E-state index in [2.05, 4.69) is 50.8 Å². The molecule has 0 amide bonds. The van der Waals surface area contributed by atoms with Crippen LogP contribution in [0.15, 0.2) is 72.8 Å². The van der Waals surface area contributed by atoms with Crippen molar-refractivity contribution in [1.29, 1.82) is 0 Å². The molecule has 0 aromatic carbocycles. The van der Waals surface area contributed by atoms with Crippen LogP contribution >= 0.6 is 0 Å². The van der Waals surface area contributed by atoms with Gasteiger partial charge in [-0.25, -0.2) is 9.97 Å². The first-order valence-corrected chi connectivity index (χ1v) is 16.8. The molecule has 9 rings (SSSR count). The van der Waals surface area contributed by atoms with Gasteiger partial charge in [0.15, 0.2) is 0 Å². The van der Waals surface area contributed by atoms with Crippen LogP contribution < -0.4 is 0 Å². The molecular weight excluding hydrogens is 649 g/mol. The van der Waals surface area contributed by atoms with Crippen LogP contribution in [0, 0.1) is 27.7 Å². The van der Waals surface area contributed by atoms with Crippen LogP contribution in [0.2, 0.25) is 0 Å². The number of hydrogen-bond acceptors (Lipinski definition) is 10. The molecule has 12 nitrogen and oxygen atoms in total. The summed E-state index contributed by atoms with van der Waals surface area (Å²) in [6.07, 6.45) is 7.99. The molecule has 0 unspecified atom stereocenters. The number of aryl methyl sites for hydroxylation is 4. The first-order chi connectivity index (χ1) is 25.4. The molecule has 12 heteroatoms. The summed E-state index contributed by atoms with van der Waals surface area (Å²) in [7, 11) is 0. The van der Waals surface area contributed by atoms with E-state index in [0.29, 0.717) is 45.6 Å². The second-order valence-corrected chi connectivity index (χ2v) is 12.7. The Kier molecular flexibility index (Phi) is 7.35. The van der Waals surface area contributed by atoms with E-state index in [4.69, 9.17) is 9.97 Å². The molecule has 0 saturated carbocycles. The maximum absolute atomic E-state index is 5.23. The molecule has 52 heavy (non-hydrogen) atoms. The molecule has 0 spiro atoms. The van der Waals surface area contributed by atoms with Crippen molar-refractivity contribution >= 4 is 46.4 Å². The van der Waals surface area contributed by atoms with Gasteiger partial charge in [0.25, 0.3) is 0 Å². The highest BCUT2D eigenvalue weighted by Crippen LogP contribution is 2.37. The van der Waals surface area contributed by atoms with Crippen molar-refractivity contribution in [1.82, 2.24) is 60.7 Å². The van der Waals surface area contributed by atoms with Crippen molar-refractivity contribution in [2.24, 2.45) is 0 Å². The summed E-state index contributed by atoms with van der Waals surface area (Å²) in [6.45, 7) is 7.67. The second kappa shape index (κ2) is 12.4. The normalized spacial score (nSPS) is 12.1. The number of aromatic nitrogens is 12. The zero-order chi connectivity index (χ0) is 35.3. The Hall–Kier alpha value is -7.08. The average molecular weight is 679 g/mol. The van der Waals surface area contributed by atoms with E-state index in [9.17, 15) is 0 Å². The first kappa shape index (κ1) is 30.9. The molecule has 0 atom stereocenters. The lowest BCUT2D eigenvalue weighted by molar-refractivity contribution is 0.984. The third-order valence-corrected chi connectivity index (χ3v) is 8.97. The largest absolute Gasteiger partial charge is 0.354 e. The van der Waals surface area contributed by atoms with E-state index in [0.717, 1.165) is 67.1 Å². The van der Waals surface area contributed by atoms with E-state index in [-0.39, 0.29) is 0 Å². The Morgan fingerprint density at radius 1 is 0.308 bits per heavy atom. The SMILES string of the molecule is Cc1ccc(-c2c3nc(c(-c4ccc(C)nn4)c4ccc([nH]4)c(-c4ccc(C)nn4)c4nc(c(-c5ccc(C)nn5)c5ccc2[nH]5)C=C4)C=C3)nn1. The summed E-state index contributed by atoms with van der Waals surface area (Å²) in [5.41, 5.74) is 15.2. The minimum Gasteiger partial charge on any atom is -0.354 e. The smallest absolute Gasteiger partial charge is 0.0972 e. The fraction of sp³-hybridized carbons (Fsp3) is 0.100. The Balaban J connectivity index is 1.47. The third kappa shape index (κ3) is 5.52. The van der Waals surface area contributed by atoms with Crippen LogP contribution in [0.4, 0.5) is 0 Å². The molecule has 0 radical (unpaired) electrons. The van der Waals surface area contributed by atoms with E-state index in [1.807, 2.05) is 125 Å². The highest BCUT2D eigenvalue weighted by atomic mass is 15.1. The van der Waals surface area contributed by atoms with E-state index in [1.165, 1.54) is 0 Å². The van der Waals surface area contributed by atoms with Crippen molar-refractivity contribution in [2.45, 2.75) is 27.7 Å². The minimum absolute atomic E-state index is 0.674. The lowest BCUT2D eigenvalue weighted by Crippen LogP contribution is -1.95. The quantitative estimate of drug-likeness (QED) is 0.189. The third-order valence-electron chi connectivity index (χ3n) is 8.97. The van der Waals surface area contributed by atoms with Crippen LogP contribution in [-0.4, -0.2) is 60.7 Å². The summed E-state index contributed by atoms with van der Waals surface area (Å²) >= 11 is 0. The molecule has 0 aliphatic carbocycles. The van der Waals surface area contributed by atoms with Gasteiger partial charge in [-0.2, -0.15) is 40.8 Å². The van der Waals surface area contributed by atoms with Crippen molar-refractivity contribution in [3.8, 4) is 45.0 Å². The van der Waals surface area contributed by atoms with Gasteiger partial charge < -0.3 is 9.97 Å². The lowest BCUT2D eigenvalue weighted by Gasteiger charge is -2.05. The molecule has 250 valence electrons. The van der Waals surface area contributed by atoms with E-state index >= 15 is 0 Å². The van der Waals surface area contributed by atoms with Gasteiger partial charge in [-0.1, -0.05) is 0 Å². The Bertz CT molecular complexity index is 2370. The minimum atomic E-state index is 0.674. The molecule has 7 aromatic heterocycles. The number of rotatable bonds is 4. The molecule has 2 aliphatic rings. The highest BCUT2D eigenvalue weighted by molar-refractivity contribution is 5.98. The predicted octanol–water partition coefficient (Wildman–Crippen LogP) is 7.72. The van der Waals surface area contributed by atoms with Gasteiger partial charge in [-0.3, -0.25) is 0 Å². The summed E-state index contributed by atoms with van der Waals surface area (Å²) in [6, 6.07) is 23.7. The number of hydrogen-bond donors (Lipinski definition) is 2. The van der Waals surface area contributed by atoms with E-state index < -0.39 is 0 Å². The number of fused-ring (bicyclic) bond motifs is 8. The van der Waals surface area contributed by atoms with Gasteiger partial charge in [-0.05, 0) is 125 Å². The van der Waals surface area contributed by atoms with Gasteiger partial charge in [0.05, 0.1) is 113 Å². The van der Waals surface area contributed by atoms with Crippen LogP contribution in [0.25, 0.3) is 91.4 Å². The Labute approximate surface area is 297 Å². The lowest BCUT2D eigenvalue weighted by atomic mass is 10.1. The van der Waals surface area contributed by atoms with Crippen LogP contribution in [0.1, 0.15) is 45.6 Å². The maximum atomic E-state index is 5.23. The number of nitrogens with zero attached hydrogens (tertiary/aromatic N) is 10. The molecule has 2 aliphatic heterocycles. The average Bonchev–Trinajstić information content (AvgIpc) is 3.99. The van der Waals surface area contributed by atoms with Gasteiger partial charge in [0, 0.05) is 0 Å². The van der Waals surface area contributed by atoms with Crippen LogP contribution in [0.3, 0.4) is 0 Å². The van der Waals surface area contributed by atoms with E-state index in [1.54, 1.807) is 0 Å². The Morgan fingerprint density at radius 2 is 0.558 bits per heavy atom. The summed E-state index contributed by atoms with van der Waals surface area (Å²) in [4.78, 5) is 17.8. The summed E-state index contributed by atoms with van der Waals surface area (Å²) in [5, 5.41) is 36.0. The van der Waals surface area contributed by atoms with Crippen molar-refractivity contribution in [2.75, 3.05) is 0 Å². The van der Waals surface area contributed by atoms with Gasteiger partial charge in [0.1, 0.15) is 0 Å². The first-order valence-electron chi connectivity index (χ1n) is 16.8. The number of nitrogens with one attached hydrogen (secondary N) is 2. The molecular formula is C40H30N12. The van der Waals surface area contributed by atoms with Gasteiger partial charge in [0.2, 0.25) is 0 Å². The van der Waals surface area contributed by atoms with Gasteiger partial charge in [-0.15, -0.1) is 0 Å². The molecule has 8 bridgehead atoms. The monoisotopic (exact) mass is 678 g/mol. The molecule has 7 aromatic rings. The van der Waals surface area contributed by atoms with Crippen molar-refractivity contribution in [3.63, 3.8) is 0 Å². The summed E-state index contributed by atoms with van der Waals surface area (Å²) < 4.78 is 0. The zero-order valence-corrected chi connectivity index (χ0v) is 28.7. The second-order valence-electron chi connectivity index (χ2n) is 12.7. The van der Waals surface area contributed by atoms with Crippen molar-refractivity contribution < 1.29 is 0 Å². The fourth-order valence-electron chi connectivity index (χ4n) is 6.41. The van der Waals surface area contributed by atoms with Crippen LogP contribution in [0.5, 0.6) is 0 Å². The number of H-pyrrole nitrogens is 2. The fourth-order valence-corrected chi connectivity index (χ4v) is 6.41. The Morgan fingerprint density at radius 3 is 0.769 bits per heavy atom.